The summed E-state index contributed by atoms with van der Waals surface area (Å²) in [6, 6.07) is 22.2. The van der Waals surface area contributed by atoms with Crippen LogP contribution < -0.4 is 10.1 Å². The van der Waals surface area contributed by atoms with E-state index in [-0.39, 0.29) is 0 Å². The monoisotopic (exact) mass is 483 g/mol. The second kappa shape index (κ2) is 9.54. The molecular weight excluding hydrogens is 462 g/mol. The van der Waals surface area contributed by atoms with Crippen LogP contribution in [0.25, 0.3) is 16.7 Å². The maximum absolute atomic E-state index is 6.20. The fourth-order valence-electron chi connectivity index (χ4n) is 3.24. The molecule has 30 heavy (non-hydrogen) atoms. The largest absolute Gasteiger partial charge is 0.494 e. The zero-order valence-electron chi connectivity index (χ0n) is 16.7. The summed E-state index contributed by atoms with van der Waals surface area (Å²) >= 11 is 9.68. The van der Waals surface area contributed by atoms with Gasteiger partial charge in [0.1, 0.15) is 5.75 Å². The van der Waals surface area contributed by atoms with E-state index in [1.807, 2.05) is 42.5 Å². The van der Waals surface area contributed by atoms with Crippen LogP contribution in [0.3, 0.4) is 0 Å². The number of unbranched alkanes of at least 4 members (excludes halogenated alkanes) is 1. The molecule has 0 aliphatic heterocycles. The van der Waals surface area contributed by atoms with Crippen molar-refractivity contribution in [2.24, 2.45) is 0 Å². The van der Waals surface area contributed by atoms with E-state index in [9.17, 15) is 0 Å². The molecule has 154 valence electrons. The summed E-state index contributed by atoms with van der Waals surface area (Å²) in [5, 5.41) is 4.15. The van der Waals surface area contributed by atoms with Crippen molar-refractivity contribution in [1.29, 1.82) is 0 Å². The Morgan fingerprint density at radius 1 is 1.03 bits per heavy atom. The second-order valence-electron chi connectivity index (χ2n) is 7.08. The number of rotatable bonds is 8. The molecule has 0 saturated heterocycles. The van der Waals surface area contributed by atoms with E-state index in [1.54, 1.807) is 0 Å². The second-order valence-corrected chi connectivity index (χ2v) is 8.43. The van der Waals surface area contributed by atoms with E-state index in [4.69, 9.17) is 21.3 Å². The minimum Gasteiger partial charge on any atom is -0.494 e. The summed E-state index contributed by atoms with van der Waals surface area (Å²) in [6.45, 7) is 3.57. The Bertz CT molecular complexity index is 1120. The van der Waals surface area contributed by atoms with Crippen molar-refractivity contribution in [1.82, 2.24) is 9.55 Å². The third kappa shape index (κ3) is 4.79. The lowest BCUT2D eigenvalue weighted by molar-refractivity contribution is 0.309. The molecule has 0 amide bonds. The molecule has 1 aromatic heterocycles. The predicted molar refractivity (Wildman–Crippen MR) is 128 cm³/mol. The molecule has 4 aromatic rings. The Morgan fingerprint density at radius 2 is 1.80 bits per heavy atom. The highest BCUT2D eigenvalue weighted by Gasteiger charge is 2.13. The van der Waals surface area contributed by atoms with Gasteiger partial charge < -0.3 is 10.1 Å². The number of ether oxygens (including phenoxy) is 1. The summed E-state index contributed by atoms with van der Waals surface area (Å²) in [7, 11) is 0. The van der Waals surface area contributed by atoms with Gasteiger partial charge in [-0.25, -0.2) is 4.98 Å². The van der Waals surface area contributed by atoms with E-state index in [0.29, 0.717) is 11.6 Å². The molecule has 0 spiro atoms. The zero-order chi connectivity index (χ0) is 20.9. The highest BCUT2D eigenvalue weighted by atomic mass is 79.9. The fraction of sp³-hybridized carbons (Fsp3) is 0.208. The molecule has 4 nitrogen and oxygen atoms in total. The van der Waals surface area contributed by atoms with Crippen molar-refractivity contribution in [2.45, 2.75) is 26.3 Å². The number of fused-ring (bicyclic) bond motifs is 1. The van der Waals surface area contributed by atoms with Crippen molar-refractivity contribution in [3.8, 4) is 11.4 Å². The minimum atomic E-state index is 0.669. The van der Waals surface area contributed by atoms with Crippen LogP contribution >= 0.6 is 27.5 Å². The van der Waals surface area contributed by atoms with Crippen molar-refractivity contribution in [2.75, 3.05) is 11.9 Å². The Kier molecular flexibility index (Phi) is 6.60. The van der Waals surface area contributed by atoms with Crippen molar-refractivity contribution in [3.63, 3.8) is 0 Å². The van der Waals surface area contributed by atoms with Crippen LogP contribution in [0.15, 0.2) is 71.2 Å². The smallest absolute Gasteiger partial charge is 0.208 e. The van der Waals surface area contributed by atoms with Crippen molar-refractivity contribution >= 4 is 44.5 Å². The average Bonchev–Trinajstić information content (AvgIpc) is 3.11. The number of nitrogens with zero attached hydrogens (tertiary/aromatic N) is 2. The normalized spacial score (nSPS) is 11.0. The van der Waals surface area contributed by atoms with Gasteiger partial charge in [-0.3, -0.25) is 4.57 Å². The summed E-state index contributed by atoms with van der Waals surface area (Å²) in [4.78, 5) is 4.79. The van der Waals surface area contributed by atoms with Gasteiger partial charge in [0, 0.05) is 21.7 Å². The number of benzene rings is 3. The average molecular weight is 485 g/mol. The van der Waals surface area contributed by atoms with Gasteiger partial charge in [0.25, 0.3) is 0 Å². The Balaban J connectivity index is 1.64. The molecule has 3 aromatic carbocycles. The molecule has 0 fully saturated rings. The van der Waals surface area contributed by atoms with Crippen LogP contribution in [-0.4, -0.2) is 16.2 Å². The number of anilines is 1. The molecule has 0 saturated carbocycles. The van der Waals surface area contributed by atoms with E-state index < -0.39 is 0 Å². The standard InChI is InChI=1S/C24H23BrClN3O/c1-2-3-14-30-21-11-9-20(10-12-21)29-23-13-8-19(26)15-22(23)28-24(29)27-16-17-4-6-18(25)7-5-17/h4-13,15H,2-3,14,16H2,1H3,(H,27,28). The van der Waals surface area contributed by atoms with Gasteiger partial charge in [-0.15, -0.1) is 0 Å². The maximum Gasteiger partial charge on any atom is 0.208 e. The molecule has 0 aliphatic carbocycles. The van der Waals surface area contributed by atoms with Gasteiger partial charge in [0.15, 0.2) is 0 Å². The first kappa shape index (κ1) is 20.8. The number of hydrogen-bond acceptors (Lipinski definition) is 3. The summed E-state index contributed by atoms with van der Waals surface area (Å²) in [6.07, 6.45) is 2.17. The fourth-order valence-corrected chi connectivity index (χ4v) is 3.67. The number of nitrogens with one attached hydrogen (secondary N) is 1. The SMILES string of the molecule is CCCCOc1ccc(-n2c(NCc3ccc(Br)cc3)nc3cc(Cl)ccc32)cc1. The Morgan fingerprint density at radius 3 is 2.53 bits per heavy atom. The number of hydrogen-bond donors (Lipinski definition) is 1. The van der Waals surface area contributed by atoms with Gasteiger partial charge in [-0.2, -0.15) is 0 Å². The maximum atomic E-state index is 6.20. The topological polar surface area (TPSA) is 39.1 Å². The third-order valence-corrected chi connectivity index (χ3v) is 5.61. The van der Waals surface area contributed by atoms with Crippen LogP contribution in [0.5, 0.6) is 5.75 Å². The molecule has 0 atom stereocenters. The molecule has 0 bridgehead atoms. The highest BCUT2D eigenvalue weighted by Crippen LogP contribution is 2.28. The van der Waals surface area contributed by atoms with Crippen LogP contribution in [0.1, 0.15) is 25.3 Å². The minimum absolute atomic E-state index is 0.669. The lowest BCUT2D eigenvalue weighted by atomic mass is 10.2. The van der Waals surface area contributed by atoms with Crippen molar-refractivity contribution < 1.29 is 4.74 Å². The van der Waals surface area contributed by atoms with Crippen LogP contribution in [0.4, 0.5) is 5.95 Å². The lowest BCUT2D eigenvalue weighted by Crippen LogP contribution is -2.06. The van der Waals surface area contributed by atoms with E-state index in [1.165, 1.54) is 5.56 Å². The van der Waals surface area contributed by atoms with Crippen molar-refractivity contribution in [3.05, 3.63) is 81.8 Å². The molecule has 0 unspecified atom stereocenters. The van der Waals surface area contributed by atoms with E-state index in [2.05, 4.69) is 57.0 Å². The Hall–Kier alpha value is -2.50. The molecule has 0 aliphatic rings. The Labute approximate surface area is 190 Å². The van der Waals surface area contributed by atoms with Gasteiger partial charge in [0.05, 0.1) is 17.6 Å². The van der Waals surface area contributed by atoms with Gasteiger partial charge in [-0.1, -0.05) is 53.0 Å². The van der Waals surface area contributed by atoms with Gasteiger partial charge in [0.2, 0.25) is 5.95 Å². The summed E-state index contributed by atoms with van der Waals surface area (Å²) < 4.78 is 8.98. The van der Waals surface area contributed by atoms with E-state index in [0.717, 1.165) is 52.3 Å². The quantitative estimate of drug-likeness (QED) is 0.268. The third-order valence-electron chi connectivity index (χ3n) is 4.84. The first-order chi connectivity index (χ1) is 14.6. The van der Waals surface area contributed by atoms with Crippen LogP contribution in [0.2, 0.25) is 5.02 Å². The zero-order valence-corrected chi connectivity index (χ0v) is 19.1. The molecule has 6 heteroatoms. The molecule has 0 radical (unpaired) electrons. The lowest BCUT2D eigenvalue weighted by Gasteiger charge is -2.12. The first-order valence-corrected chi connectivity index (χ1v) is 11.2. The first-order valence-electron chi connectivity index (χ1n) is 10.0. The van der Waals surface area contributed by atoms with Gasteiger partial charge in [-0.05, 0) is 66.6 Å². The molecule has 1 N–H and O–H groups in total. The number of halogens is 2. The highest BCUT2D eigenvalue weighted by molar-refractivity contribution is 9.10. The van der Waals surface area contributed by atoms with E-state index >= 15 is 0 Å². The van der Waals surface area contributed by atoms with Crippen LogP contribution in [-0.2, 0) is 6.54 Å². The molecular formula is C24H23BrClN3O. The number of imidazole rings is 1. The number of aromatic nitrogens is 2. The predicted octanol–water partition coefficient (Wildman–Crippen LogP) is 7.23. The van der Waals surface area contributed by atoms with Gasteiger partial charge >= 0.3 is 0 Å². The summed E-state index contributed by atoms with van der Waals surface area (Å²) in [5.41, 5.74) is 4.04. The molecule has 1 heterocycles. The summed E-state index contributed by atoms with van der Waals surface area (Å²) in [5.74, 6) is 1.65. The molecule has 4 rings (SSSR count). The van der Waals surface area contributed by atoms with Crippen LogP contribution in [0, 0.1) is 0 Å².